The maximum atomic E-state index is 12.2. The van der Waals surface area contributed by atoms with Crippen LogP contribution in [0, 0.1) is 10.1 Å². The topological polar surface area (TPSA) is 133 Å². The summed E-state index contributed by atoms with van der Waals surface area (Å²) in [6.45, 7) is 6.27. The Balaban J connectivity index is 0.00000312. The van der Waals surface area contributed by atoms with E-state index in [-0.39, 0.29) is 42.4 Å². The average Bonchev–Trinajstić information content (AvgIpc) is 2.71. The molecule has 0 aromatic rings. The molecule has 2 saturated heterocycles. The molecule has 2 aliphatic rings. The van der Waals surface area contributed by atoms with Crippen molar-refractivity contribution < 1.29 is 54.0 Å². The van der Waals surface area contributed by atoms with E-state index in [2.05, 4.69) is 5.32 Å². The van der Waals surface area contributed by atoms with Gasteiger partial charge in [0.15, 0.2) is 0 Å². The second-order valence-electron chi connectivity index (χ2n) is 7.19. The van der Waals surface area contributed by atoms with Crippen molar-refractivity contribution in [1.82, 2.24) is 10.2 Å². The molecule has 25 heavy (non-hydrogen) atoms. The predicted molar refractivity (Wildman–Crippen MR) is 83.3 cm³/mol. The molecule has 0 saturated carbocycles. The third-order valence-corrected chi connectivity index (χ3v) is 6.01. The van der Waals surface area contributed by atoms with Crippen LogP contribution in [-0.4, -0.2) is 55.4 Å². The van der Waals surface area contributed by atoms with E-state index in [0.717, 1.165) is 0 Å². The van der Waals surface area contributed by atoms with Gasteiger partial charge in [0.25, 0.3) is 0 Å². The van der Waals surface area contributed by atoms with E-state index in [0.29, 0.717) is 0 Å². The van der Waals surface area contributed by atoms with Crippen molar-refractivity contribution in [3.05, 3.63) is 10.1 Å². The molecule has 2 rings (SSSR count). The minimum Gasteiger partial charge on any atom is -0.548 e. The van der Waals surface area contributed by atoms with Crippen LogP contribution >= 0.6 is 11.8 Å². The predicted octanol–water partition coefficient (Wildman–Crippen LogP) is -3.88. The Morgan fingerprint density at radius 2 is 1.96 bits per heavy atom. The van der Waals surface area contributed by atoms with E-state index in [1.54, 1.807) is 13.8 Å². The van der Waals surface area contributed by atoms with Crippen LogP contribution < -0.4 is 40.0 Å². The van der Waals surface area contributed by atoms with Crippen molar-refractivity contribution >= 4 is 29.5 Å². The van der Waals surface area contributed by atoms with Crippen LogP contribution in [0.25, 0.3) is 0 Å². The molecule has 0 aliphatic carbocycles. The molecule has 134 valence electrons. The van der Waals surface area contributed by atoms with Crippen LogP contribution in [0.15, 0.2) is 0 Å². The van der Waals surface area contributed by atoms with Crippen LogP contribution in [0.4, 0.5) is 0 Å². The van der Waals surface area contributed by atoms with Gasteiger partial charge in [0, 0.05) is 36.4 Å². The summed E-state index contributed by atoms with van der Waals surface area (Å²) in [4.78, 5) is 47.1. The smallest absolute Gasteiger partial charge is 0.548 e. The summed E-state index contributed by atoms with van der Waals surface area (Å²) in [5.41, 5.74) is -1.23. The van der Waals surface area contributed by atoms with Crippen molar-refractivity contribution in [2.24, 2.45) is 0 Å². The first kappa shape index (κ1) is 22.2. The van der Waals surface area contributed by atoms with Gasteiger partial charge in [-0.25, -0.2) is 0 Å². The Labute approximate surface area is 171 Å². The summed E-state index contributed by atoms with van der Waals surface area (Å²) in [5, 5.41) is 24.2. The molecule has 1 unspecified atom stereocenters. The van der Waals surface area contributed by atoms with Gasteiger partial charge in [0.1, 0.15) is 11.4 Å². The van der Waals surface area contributed by atoms with Gasteiger partial charge in [0.2, 0.25) is 17.4 Å². The van der Waals surface area contributed by atoms with Crippen molar-refractivity contribution in [3.8, 4) is 0 Å². The number of carbonyl (C=O) groups is 3. The Morgan fingerprint density at radius 1 is 1.40 bits per heavy atom. The molecular weight excluding hydrogens is 361 g/mol. The van der Waals surface area contributed by atoms with E-state index in [4.69, 9.17) is 0 Å². The molecule has 3 atom stereocenters. The largest absolute Gasteiger partial charge is 1.00 e. The van der Waals surface area contributed by atoms with Crippen molar-refractivity contribution in [1.29, 1.82) is 0 Å². The number of carbonyl (C=O) groups excluding carboxylic acids is 3. The number of β-lactam (4-membered cyclic amide) rings is 1. The van der Waals surface area contributed by atoms with Crippen LogP contribution in [0.3, 0.4) is 0 Å². The Hall–Kier alpha value is -0.840. The molecule has 2 heterocycles. The fourth-order valence-corrected chi connectivity index (χ4v) is 4.50. The van der Waals surface area contributed by atoms with Crippen LogP contribution in [0.1, 0.15) is 40.5 Å². The molecule has 2 fully saturated rings. The van der Waals surface area contributed by atoms with Gasteiger partial charge in [-0.3, -0.25) is 19.7 Å². The van der Waals surface area contributed by atoms with E-state index in [9.17, 15) is 29.6 Å². The van der Waals surface area contributed by atoms with E-state index in [1.807, 2.05) is 0 Å². The number of nitrogens with one attached hydrogen (secondary N) is 1. The number of aliphatic carboxylic acids is 1. The van der Waals surface area contributed by atoms with Gasteiger partial charge in [-0.05, 0) is 13.8 Å². The average molecular weight is 381 g/mol. The zero-order valence-corrected chi connectivity index (χ0v) is 17.7. The number of carboxylic acid groups (broad SMARTS) is 1. The maximum Gasteiger partial charge on any atom is 1.00 e. The first-order chi connectivity index (χ1) is 10.9. The Bertz CT molecular complexity index is 611. The van der Waals surface area contributed by atoms with Crippen molar-refractivity contribution in [2.45, 2.75) is 68.3 Å². The third kappa shape index (κ3) is 4.12. The minimum absolute atomic E-state index is 0. The molecule has 11 heteroatoms. The van der Waals surface area contributed by atoms with Gasteiger partial charge >= 0.3 is 29.6 Å². The fourth-order valence-electron chi connectivity index (χ4n) is 2.88. The van der Waals surface area contributed by atoms with Gasteiger partial charge in [-0.15, -0.1) is 11.8 Å². The first-order valence-electron chi connectivity index (χ1n) is 7.53. The Kier molecular flexibility index (Phi) is 6.59. The van der Waals surface area contributed by atoms with Gasteiger partial charge in [-0.1, -0.05) is 0 Å². The van der Waals surface area contributed by atoms with Gasteiger partial charge in [0.05, 0.1) is 12.0 Å². The number of amides is 2. The standard InChI is InChI=1S/C14H21N3O6S.Na/c1-13(2,17(22)23)6-5-7(18)15-8-10(19)16-9(12(20)21)14(3,4)24-11(8)16;/h8-9,11H,5-6H2,1-4H3,(H,15,18)(H,20,21);/q;+1/p-1/t8?,9-,11+;/m0./s1. The molecular formula is C14H20N3NaO6S. The van der Waals surface area contributed by atoms with Gasteiger partial charge < -0.3 is 20.1 Å². The van der Waals surface area contributed by atoms with E-state index in [1.165, 1.54) is 30.5 Å². The Morgan fingerprint density at radius 3 is 2.44 bits per heavy atom. The number of hydrogen-bond donors (Lipinski definition) is 1. The second kappa shape index (κ2) is 7.42. The van der Waals surface area contributed by atoms with Crippen LogP contribution in [-0.2, 0) is 14.4 Å². The molecule has 2 amide bonds. The monoisotopic (exact) mass is 381 g/mol. The van der Waals surface area contributed by atoms with E-state index >= 15 is 0 Å². The molecule has 0 bridgehead atoms. The van der Waals surface area contributed by atoms with Crippen molar-refractivity contribution in [2.75, 3.05) is 0 Å². The maximum absolute atomic E-state index is 12.2. The summed E-state index contributed by atoms with van der Waals surface area (Å²) < 4.78 is -0.716. The summed E-state index contributed by atoms with van der Waals surface area (Å²) in [7, 11) is 0. The van der Waals surface area contributed by atoms with Crippen LogP contribution in [0.5, 0.6) is 0 Å². The zero-order chi connectivity index (χ0) is 18.4. The van der Waals surface area contributed by atoms with Gasteiger partial charge in [-0.2, -0.15) is 0 Å². The first-order valence-corrected chi connectivity index (χ1v) is 8.41. The number of nitro groups is 1. The second-order valence-corrected chi connectivity index (χ2v) is 8.96. The number of rotatable bonds is 6. The summed E-state index contributed by atoms with van der Waals surface area (Å²) >= 11 is 1.30. The zero-order valence-electron chi connectivity index (χ0n) is 14.9. The molecule has 2 aliphatic heterocycles. The fraction of sp³-hybridized carbons (Fsp3) is 0.786. The number of fused-ring (bicyclic) bond motifs is 1. The molecule has 0 radical (unpaired) electrons. The number of hydrogen-bond acceptors (Lipinski definition) is 7. The van der Waals surface area contributed by atoms with Crippen molar-refractivity contribution in [3.63, 3.8) is 0 Å². The summed E-state index contributed by atoms with van der Waals surface area (Å²) in [6, 6.07) is -1.84. The number of thioether (sulfide) groups is 1. The molecule has 0 aromatic heterocycles. The summed E-state index contributed by atoms with van der Waals surface area (Å²) in [5.74, 6) is -2.24. The third-order valence-electron chi connectivity index (χ3n) is 4.44. The normalized spacial score (nSPS) is 27.0. The quantitative estimate of drug-likeness (QED) is 0.215. The molecule has 0 spiro atoms. The molecule has 9 nitrogen and oxygen atoms in total. The number of nitrogens with zero attached hydrogens (tertiary/aromatic N) is 2. The SMILES string of the molecule is CC1(C)S[C@@H]2C(NC(=O)CCC(C)(C)[N+](=O)[O-])C(=O)N2[C@H]1C(=O)[O-].[Na+]. The number of carboxylic acids is 1. The minimum atomic E-state index is -1.32. The molecule has 1 N–H and O–H groups in total. The van der Waals surface area contributed by atoms with Crippen LogP contribution in [0.2, 0.25) is 0 Å². The van der Waals surface area contributed by atoms with E-state index < -0.39 is 50.5 Å². The molecule has 0 aromatic carbocycles. The summed E-state index contributed by atoms with van der Waals surface area (Å²) in [6.07, 6.45) is -0.0378.